The van der Waals surface area contributed by atoms with Gasteiger partial charge in [0.05, 0.1) is 0 Å². The van der Waals surface area contributed by atoms with Crippen LogP contribution in [0.15, 0.2) is 0 Å². The van der Waals surface area contributed by atoms with Gasteiger partial charge in [0.15, 0.2) is 0 Å². The van der Waals surface area contributed by atoms with Crippen LogP contribution in [0.2, 0.25) is 0 Å². The van der Waals surface area contributed by atoms with Crippen molar-refractivity contribution in [1.29, 1.82) is 0 Å². The molecule has 0 heterocycles. The van der Waals surface area contributed by atoms with Crippen LogP contribution >= 0.6 is 0 Å². The second-order valence-electron chi connectivity index (χ2n) is 4.07. The van der Waals surface area contributed by atoms with Crippen LogP contribution in [0.5, 0.6) is 0 Å². The lowest BCUT2D eigenvalue weighted by atomic mass is 9.65. The van der Waals surface area contributed by atoms with E-state index in [9.17, 15) is 0 Å². The van der Waals surface area contributed by atoms with Crippen LogP contribution in [-0.2, 0) is 0 Å². The molecule has 0 amide bonds. The Morgan fingerprint density at radius 1 is 1.00 bits per heavy atom. The molecule has 10 heavy (non-hydrogen) atoms. The van der Waals surface area contributed by atoms with E-state index in [1.54, 1.807) is 0 Å². The predicted molar refractivity (Wildman–Crippen MR) is 42.7 cm³/mol. The van der Waals surface area contributed by atoms with Gasteiger partial charge >= 0.3 is 0 Å². The van der Waals surface area contributed by atoms with E-state index in [1.807, 2.05) is 0 Å². The van der Waals surface area contributed by atoms with Gasteiger partial charge < -0.3 is 5.73 Å². The summed E-state index contributed by atoms with van der Waals surface area (Å²) in [5.74, 6) is 0.898. The summed E-state index contributed by atoms with van der Waals surface area (Å²) in [5, 5.41) is 0. The smallest absolute Gasteiger partial charge is 0.0183 e. The largest absolute Gasteiger partial charge is 0.325 e. The Morgan fingerprint density at radius 3 is 2.60 bits per heavy atom. The van der Waals surface area contributed by atoms with E-state index in [1.165, 1.54) is 44.9 Å². The van der Waals surface area contributed by atoms with Gasteiger partial charge in [0, 0.05) is 5.54 Å². The molecule has 2 atom stereocenters. The Hall–Kier alpha value is -0.0400. The number of fused-ring (bicyclic) bond motifs is 1. The van der Waals surface area contributed by atoms with Crippen LogP contribution in [-0.4, -0.2) is 5.54 Å². The van der Waals surface area contributed by atoms with E-state index >= 15 is 0 Å². The molecule has 0 aromatic heterocycles. The quantitative estimate of drug-likeness (QED) is 0.546. The summed E-state index contributed by atoms with van der Waals surface area (Å²) < 4.78 is 0. The molecule has 2 saturated carbocycles. The van der Waals surface area contributed by atoms with E-state index < -0.39 is 0 Å². The molecule has 2 N–H and O–H groups in total. The second kappa shape index (κ2) is 2.23. The Balaban J connectivity index is 2.03. The van der Waals surface area contributed by atoms with E-state index in [2.05, 4.69) is 0 Å². The van der Waals surface area contributed by atoms with E-state index in [0.29, 0.717) is 5.54 Å². The first kappa shape index (κ1) is 6.66. The minimum Gasteiger partial charge on any atom is -0.325 e. The first-order valence-corrected chi connectivity index (χ1v) is 4.60. The topological polar surface area (TPSA) is 26.0 Å². The van der Waals surface area contributed by atoms with Crippen LogP contribution in [0.4, 0.5) is 0 Å². The third-order valence-corrected chi connectivity index (χ3v) is 3.47. The summed E-state index contributed by atoms with van der Waals surface area (Å²) in [5.41, 5.74) is 6.51. The van der Waals surface area contributed by atoms with Crippen molar-refractivity contribution in [1.82, 2.24) is 0 Å². The monoisotopic (exact) mass is 139 g/mol. The maximum atomic E-state index is 6.21. The van der Waals surface area contributed by atoms with Crippen LogP contribution in [0, 0.1) is 5.92 Å². The zero-order chi connectivity index (χ0) is 7.03. The molecule has 58 valence electrons. The van der Waals surface area contributed by atoms with Crippen molar-refractivity contribution < 1.29 is 0 Å². The van der Waals surface area contributed by atoms with Gasteiger partial charge in [-0.25, -0.2) is 0 Å². The summed E-state index contributed by atoms with van der Waals surface area (Å²) in [6.07, 6.45) is 9.67. The van der Waals surface area contributed by atoms with Gasteiger partial charge in [-0.15, -0.1) is 0 Å². The molecule has 2 rings (SSSR count). The maximum Gasteiger partial charge on any atom is 0.0183 e. The Bertz CT molecular complexity index is 133. The lowest BCUT2D eigenvalue weighted by Gasteiger charge is -2.46. The number of hydrogen-bond donors (Lipinski definition) is 1. The van der Waals surface area contributed by atoms with Crippen molar-refractivity contribution in [2.24, 2.45) is 11.7 Å². The van der Waals surface area contributed by atoms with Crippen molar-refractivity contribution in [2.45, 2.75) is 50.5 Å². The average molecular weight is 139 g/mol. The van der Waals surface area contributed by atoms with E-state index in [4.69, 9.17) is 5.73 Å². The van der Waals surface area contributed by atoms with Gasteiger partial charge in [0.25, 0.3) is 0 Å². The minimum absolute atomic E-state index is 0.302. The average Bonchev–Trinajstić information content (AvgIpc) is 2.01. The fraction of sp³-hybridized carbons (Fsp3) is 1.00. The summed E-state index contributed by atoms with van der Waals surface area (Å²) in [6.45, 7) is 0. The second-order valence-corrected chi connectivity index (χ2v) is 4.07. The van der Waals surface area contributed by atoms with Crippen LogP contribution < -0.4 is 5.73 Å². The molecule has 2 aliphatic rings. The van der Waals surface area contributed by atoms with Crippen molar-refractivity contribution in [3.8, 4) is 0 Å². The predicted octanol–water partition coefficient (Wildman–Crippen LogP) is 2.06. The molecule has 0 bridgehead atoms. The van der Waals surface area contributed by atoms with Crippen LogP contribution in [0.3, 0.4) is 0 Å². The van der Waals surface area contributed by atoms with Gasteiger partial charge in [-0.2, -0.15) is 0 Å². The normalized spacial score (nSPS) is 47.1. The molecule has 0 aliphatic heterocycles. The van der Waals surface area contributed by atoms with Crippen molar-refractivity contribution in [2.75, 3.05) is 0 Å². The molecular formula is C9H17N. The highest BCUT2D eigenvalue weighted by atomic mass is 14.8. The lowest BCUT2D eigenvalue weighted by Crippen LogP contribution is -2.54. The van der Waals surface area contributed by atoms with Gasteiger partial charge in [-0.05, 0) is 31.6 Å². The lowest BCUT2D eigenvalue weighted by molar-refractivity contribution is 0.118. The first-order chi connectivity index (χ1) is 4.81. The van der Waals surface area contributed by atoms with Crippen molar-refractivity contribution >= 4 is 0 Å². The maximum absolute atomic E-state index is 6.21. The van der Waals surface area contributed by atoms with E-state index in [-0.39, 0.29) is 0 Å². The van der Waals surface area contributed by atoms with Crippen LogP contribution in [0.25, 0.3) is 0 Å². The molecule has 0 radical (unpaired) electrons. The highest BCUT2D eigenvalue weighted by Crippen LogP contribution is 2.45. The summed E-state index contributed by atoms with van der Waals surface area (Å²) in [4.78, 5) is 0. The fourth-order valence-corrected chi connectivity index (χ4v) is 2.50. The highest BCUT2D eigenvalue weighted by molar-refractivity contribution is 5.01. The fourth-order valence-electron chi connectivity index (χ4n) is 2.50. The molecule has 0 saturated heterocycles. The SMILES string of the molecule is NC12CCCCCC1CC2. The Kier molecular flexibility index (Phi) is 1.48. The standard InChI is InChI=1S/C9H17N/c10-9-6-3-1-2-4-8(9)5-7-9/h8H,1-7,10H2. The summed E-state index contributed by atoms with van der Waals surface area (Å²) in [6, 6.07) is 0. The third kappa shape index (κ3) is 0.878. The molecule has 0 aromatic rings. The number of hydrogen-bond acceptors (Lipinski definition) is 1. The van der Waals surface area contributed by atoms with Gasteiger partial charge in [0.1, 0.15) is 0 Å². The highest BCUT2D eigenvalue weighted by Gasteiger charge is 2.42. The van der Waals surface area contributed by atoms with Gasteiger partial charge in [-0.1, -0.05) is 19.3 Å². The molecule has 2 aliphatic carbocycles. The summed E-state index contributed by atoms with van der Waals surface area (Å²) in [7, 11) is 0. The Morgan fingerprint density at radius 2 is 1.90 bits per heavy atom. The summed E-state index contributed by atoms with van der Waals surface area (Å²) >= 11 is 0. The third-order valence-electron chi connectivity index (χ3n) is 3.47. The molecule has 2 unspecified atom stereocenters. The molecule has 1 heteroatoms. The van der Waals surface area contributed by atoms with Crippen molar-refractivity contribution in [3.05, 3.63) is 0 Å². The number of rotatable bonds is 0. The Labute approximate surface area is 63.0 Å². The number of nitrogens with two attached hydrogens (primary N) is 1. The zero-order valence-electron chi connectivity index (χ0n) is 6.60. The molecule has 0 spiro atoms. The first-order valence-electron chi connectivity index (χ1n) is 4.60. The molecular weight excluding hydrogens is 122 g/mol. The molecule has 2 fully saturated rings. The zero-order valence-corrected chi connectivity index (χ0v) is 6.60. The van der Waals surface area contributed by atoms with Crippen LogP contribution in [0.1, 0.15) is 44.9 Å². The minimum atomic E-state index is 0.302. The van der Waals surface area contributed by atoms with Gasteiger partial charge in [-0.3, -0.25) is 0 Å². The molecule has 1 nitrogen and oxygen atoms in total. The van der Waals surface area contributed by atoms with E-state index in [0.717, 1.165) is 5.92 Å². The van der Waals surface area contributed by atoms with Gasteiger partial charge in [0.2, 0.25) is 0 Å². The molecule has 0 aromatic carbocycles. The van der Waals surface area contributed by atoms with Crippen molar-refractivity contribution in [3.63, 3.8) is 0 Å².